The summed E-state index contributed by atoms with van der Waals surface area (Å²) in [5, 5.41) is 8.01. The second-order valence-corrected chi connectivity index (χ2v) is 3.02. The molecular formula is C10H13NO3S. The molecule has 82 valence electrons. The Balaban J connectivity index is 0.000000265. The van der Waals surface area contributed by atoms with Crippen molar-refractivity contribution in [2.24, 2.45) is 5.73 Å². The molecule has 0 aliphatic rings. The highest BCUT2D eigenvalue weighted by molar-refractivity contribution is 7.80. The Morgan fingerprint density at radius 1 is 1.47 bits per heavy atom. The van der Waals surface area contributed by atoms with E-state index in [2.05, 4.69) is 12.6 Å². The number of carboxylic acid groups (broad SMARTS) is 1. The minimum Gasteiger partial charge on any atom is -0.480 e. The first-order valence-corrected chi connectivity index (χ1v) is 4.84. The van der Waals surface area contributed by atoms with Gasteiger partial charge in [0.2, 0.25) is 0 Å². The van der Waals surface area contributed by atoms with Gasteiger partial charge in [-0.25, -0.2) is 0 Å². The van der Waals surface area contributed by atoms with E-state index in [1.165, 1.54) is 0 Å². The Morgan fingerprint density at radius 2 is 2.00 bits per heavy atom. The predicted octanol–water partition coefficient (Wildman–Crippen LogP) is 0.827. The van der Waals surface area contributed by atoms with Crippen LogP contribution in [0.5, 0.6) is 0 Å². The number of hydrogen-bond acceptors (Lipinski definition) is 4. The van der Waals surface area contributed by atoms with Crippen molar-refractivity contribution < 1.29 is 14.7 Å². The molecule has 1 atom stereocenters. The van der Waals surface area contributed by atoms with E-state index in [9.17, 15) is 9.59 Å². The Bertz CT molecular complexity index is 303. The van der Waals surface area contributed by atoms with Gasteiger partial charge in [-0.15, -0.1) is 0 Å². The summed E-state index contributed by atoms with van der Waals surface area (Å²) >= 11 is 3.65. The van der Waals surface area contributed by atoms with Crippen molar-refractivity contribution in [3.05, 3.63) is 35.9 Å². The van der Waals surface area contributed by atoms with Crippen molar-refractivity contribution in [2.75, 3.05) is 5.75 Å². The molecule has 5 heteroatoms. The Morgan fingerprint density at radius 3 is 2.20 bits per heavy atom. The summed E-state index contributed by atoms with van der Waals surface area (Å²) in [6.07, 6.45) is 0.833. The molecule has 0 heterocycles. The molecule has 0 spiro atoms. The molecule has 1 rings (SSSR count). The monoisotopic (exact) mass is 227 g/mol. The maximum absolute atomic E-state index is 10.0. The summed E-state index contributed by atoms with van der Waals surface area (Å²) in [4.78, 5) is 19.8. The van der Waals surface area contributed by atoms with Gasteiger partial charge in [-0.3, -0.25) is 9.59 Å². The largest absolute Gasteiger partial charge is 0.480 e. The van der Waals surface area contributed by atoms with E-state index >= 15 is 0 Å². The van der Waals surface area contributed by atoms with Gasteiger partial charge >= 0.3 is 5.97 Å². The van der Waals surface area contributed by atoms with Crippen molar-refractivity contribution in [1.29, 1.82) is 0 Å². The highest BCUT2D eigenvalue weighted by Gasteiger charge is 2.06. The molecule has 0 aliphatic carbocycles. The molecule has 1 aromatic carbocycles. The van der Waals surface area contributed by atoms with Crippen LogP contribution in [0.1, 0.15) is 10.4 Å². The quantitative estimate of drug-likeness (QED) is 0.527. The normalized spacial score (nSPS) is 10.8. The molecule has 0 radical (unpaired) electrons. The van der Waals surface area contributed by atoms with Gasteiger partial charge in [0, 0.05) is 11.3 Å². The molecule has 0 bridgehead atoms. The molecule has 3 N–H and O–H groups in total. The summed E-state index contributed by atoms with van der Waals surface area (Å²) in [7, 11) is 0. The number of carboxylic acids is 1. The fraction of sp³-hybridized carbons (Fsp3) is 0.200. The summed E-state index contributed by atoms with van der Waals surface area (Å²) in [5.41, 5.74) is 5.67. The van der Waals surface area contributed by atoms with Gasteiger partial charge in [-0.1, -0.05) is 30.3 Å². The highest BCUT2D eigenvalue weighted by atomic mass is 32.1. The van der Waals surface area contributed by atoms with Crippen LogP contribution in [0.4, 0.5) is 0 Å². The molecule has 0 saturated heterocycles. The number of hydrogen-bond donors (Lipinski definition) is 3. The zero-order valence-corrected chi connectivity index (χ0v) is 8.93. The minimum atomic E-state index is -1.00. The Kier molecular flexibility index (Phi) is 7.31. The predicted molar refractivity (Wildman–Crippen MR) is 61.3 cm³/mol. The van der Waals surface area contributed by atoms with Crippen LogP contribution in [0, 0.1) is 0 Å². The van der Waals surface area contributed by atoms with Gasteiger partial charge in [0.25, 0.3) is 0 Å². The lowest BCUT2D eigenvalue weighted by atomic mass is 10.2. The van der Waals surface area contributed by atoms with Crippen molar-refractivity contribution >= 4 is 24.9 Å². The molecular weight excluding hydrogens is 214 g/mol. The first-order valence-electron chi connectivity index (χ1n) is 4.21. The average molecular weight is 227 g/mol. The SMILES string of the molecule is N[C@@H](CS)C(=O)O.O=Cc1ccccc1. The summed E-state index contributed by atoms with van der Waals surface area (Å²) in [6, 6.07) is 8.28. The molecule has 1 aromatic rings. The second kappa shape index (κ2) is 8.02. The third-order valence-electron chi connectivity index (χ3n) is 1.45. The lowest BCUT2D eigenvalue weighted by Gasteiger charge is -1.96. The van der Waals surface area contributed by atoms with Crippen LogP contribution in [-0.2, 0) is 4.79 Å². The summed E-state index contributed by atoms with van der Waals surface area (Å²) in [5.74, 6) is -0.815. The molecule has 0 saturated carbocycles. The number of rotatable bonds is 3. The molecule has 0 aromatic heterocycles. The number of carbonyl (C=O) groups excluding carboxylic acids is 1. The third-order valence-corrected chi connectivity index (χ3v) is 1.84. The van der Waals surface area contributed by atoms with E-state index in [0.717, 1.165) is 11.8 Å². The number of aliphatic carboxylic acids is 1. The van der Waals surface area contributed by atoms with E-state index in [1.807, 2.05) is 18.2 Å². The van der Waals surface area contributed by atoms with Crippen molar-refractivity contribution in [3.8, 4) is 0 Å². The number of thiol groups is 1. The van der Waals surface area contributed by atoms with E-state index in [-0.39, 0.29) is 5.75 Å². The van der Waals surface area contributed by atoms with Crippen LogP contribution in [0.15, 0.2) is 30.3 Å². The topological polar surface area (TPSA) is 80.4 Å². The lowest BCUT2D eigenvalue weighted by Crippen LogP contribution is -2.31. The minimum absolute atomic E-state index is 0.190. The zero-order valence-electron chi connectivity index (χ0n) is 8.04. The maximum atomic E-state index is 10.0. The number of benzene rings is 1. The average Bonchev–Trinajstić information content (AvgIpc) is 2.29. The molecule has 4 nitrogen and oxygen atoms in total. The molecule has 0 unspecified atom stereocenters. The van der Waals surface area contributed by atoms with Crippen LogP contribution in [0.25, 0.3) is 0 Å². The number of aldehydes is 1. The van der Waals surface area contributed by atoms with Crippen molar-refractivity contribution in [3.63, 3.8) is 0 Å². The molecule has 0 amide bonds. The van der Waals surface area contributed by atoms with Crippen LogP contribution in [0.3, 0.4) is 0 Å². The molecule has 0 fully saturated rings. The van der Waals surface area contributed by atoms with Gasteiger partial charge in [0.05, 0.1) is 0 Å². The number of nitrogens with two attached hydrogens (primary N) is 1. The molecule has 15 heavy (non-hydrogen) atoms. The van der Waals surface area contributed by atoms with Gasteiger partial charge in [-0.05, 0) is 0 Å². The Labute approximate surface area is 93.5 Å². The summed E-state index contributed by atoms with van der Waals surface area (Å²) in [6.45, 7) is 0. The van der Waals surface area contributed by atoms with E-state index in [1.54, 1.807) is 12.1 Å². The summed E-state index contributed by atoms with van der Waals surface area (Å²) < 4.78 is 0. The lowest BCUT2D eigenvalue weighted by molar-refractivity contribution is -0.137. The Hall–Kier alpha value is -1.33. The standard InChI is InChI=1S/C7H6O.C3H7NO2S/c8-6-7-4-2-1-3-5-7;4-2(1-7)3(5)6/h1-6H;2,7H,1,4H2,(H,5,6)/t;2-/m.0/s1. The van der Waals surface area contributed by atoms with Crippen LogP contribution >= 0.6 is 12.6 Å². The fourth-order valence-corrected chi connectivity index (χ4v) is 0.766. The van der Waals surface area contributed by atoms with Crippen molar-refractivity contribution in [1.82, 2.24) is 0 Å². The molecule has 0 aliphatic heterocycles. The first-order chi connectivity index (χ1) is 7.11. The zero-order chi connectivity index (χ0) is 11.7. The van der Waals surface area contributed by atoms with Crippen LogP contribution in [0.2, 0.25) is 0 Å². The highest BCUT2D eigenvalue weighted by Crippen LogP contribution is 1.91. The van der Waals surface area contributed by atoms with Gasteiger partial charge < -0.3 is 10.8 Å². The first kappa shape index (κ1) is 13.7. The van der Waals surface area contributed by atoms with E-state index in [4.69, 9.17) is 10.8 Å². The van der Waals surface area contributed by atoms with Crippen molar-refractivity contribution in [2.45, 2.75) is 6.04 Å². The maximum Gasteiger partial charge on any atom is 0.321 e. The van der Waals surface area contributed by atoms with Gasteiger partial charge in [0.15, 0.2) is 0 Å². The van der Waals surface area contributed by atoms with Gasteiger partial charge in [0.1, 0.15) is 12.3 Å². The number of carbonyl (C=O) groups is 2. The second-order valence-electron chi connectivity index (χ2n) is 2.66. The van der Waals surface area contributed by atoms with E-state index in [0.29, 0.717) is 0 Å². The third kappa shape index (κ3) is 6.70. The smallest absolute Gasteiger partial charge is 0.321 e. The van der Waals surface area contributed by atoms with E-state index < -0.39 is 12.0 Å². The fourth-order valence-electron chi connectivity index (χ4n) is 0.610. The van der Waals surface area contributed by atoms with Crippen LogP contribution < -0.4 is 5.73 Å². The van der Waals surface area contributed by atoms with Crippen LogP contribution in [-0.4, -0.2) is 29.2 Å². The van der Waals surface area contributed by atoms with Gasteiger partial charge in [-0.2, -0.15) is 12.6 Å².